The van der Waals surface area contributed by atoms with Gasteiger partial charge in [0.15, 0.2) is 6.61 Å². The Labute approximate surface area is 139 Å². The summed E-state index contributed by atoms with van der Waals surface area (Å²) in [5, 5.41) is 3.87. The fourth-order valence-electron chi connectivity index (χ4n) is 1.75. The zero-order valence-electron chi connectivity index (χ0n) is 12.9. The summed E-state index contributed by atoms with van der Waals surface area (Å²) in [5.41, 5.74) is 3.07. The maximum Gasteiger partial charge on any atom is 0.277 e. The summed E-state index contributed by atoms with van der Waals surface area (Å²) in [4.78, 5) is 11.7. The number of carbonyl (C=O) groups excluding carboxylic acids is 1. The summed E-state index contributed by atoms with van der Waals surface area (Å²) in [6, 6.07) is 12.7. The zero-order chi connectivity index (χ0) is 17.2. The summed E-state index contributed by atoms with van der Waals surface area (Å²) in [7, 11) is 0. The highest BCUT2D eigenvalue weighted by Gasteiger charge is 2.03. The summed E-state index contributed by atoms with van der Waals surface area (Å²) < 4.78 is 23.4. The van der Waals surface area contributed by atoms with E-state index in [9.17, 15) is 9.18 Å². The zero-order valence-corrected chi connectivity index (χ0v) is 12.9. The molecule has 5 nitrogen and oxygen atoms in total. The Kier molecular flexibility index (Phi) is 6.52. The molecule has 0 aliphatic heterocycles. The Balaban J connectivity index is 1.83. The number of ether oxygens (including phenoxy) is 2. The van der Waals surface area contributed by atoms with E-state index in [1.165, 1.54) is 30.5 Å². The smallest absolute Gasteiger partial charge is 0.277 e. The first-order valence-electron chi connectivity index (χ1n) is 7.22. The summed E-state index contributed by atoms with van der Waals surface area (Å²) in [6.07, 6.45) is 3.12. The molecular formula is C18H17FN2O3. The van der Waals surface area contributed by atoms with E-state index in [0.29, 0.717) is 18.1 Å². The number of rotatable bonds is 8. The van der Waals surface area contributed by atoms with Gasteiger partial charge in [0.1, 0.15) is 23.9 Å². The first-order chi connectivity index (χ1) is 11.7. The van der Waals surface area contributed by atoms with E-state index in [4.69, 9.17) is 9.47 Å². The maximum atomic E-state index is 12.8. The molecule has 0 atom stereocenters. The molecule has 124 valence electrons. The lowest BCUT2D eigenvalue weighted by Gasteiger charge is -2.06. The number of hydrogen-bond donors (Lipinski definition) is 1. The molecule has 2 aromatic rings. The van der Waals surface area contributed by atoms with Crippen molar-refractivity contribution in [1.82, 2.24) is 5.43 Å². The first-order valence-corrected chi connectivity index (χ1v) is 7.22. The number of halogens is 1. The van der Waals surface area contributed by atoms with Crippen LogP contribution in [0.15, 0.2) is 66.3 Å². The van der Waals surface area contributed by atoms with Crippen LogP contribution in [0.4, 0.5) is 4.39 Å². The van der Waals surface area contributed by atoms with Gasteiger partial charge in [0.05, 0.1) is 6.21 Å². The van der Waals surface area contributed by atoms with Crippen LogP contribution in [0, 0.1) is 5.82 Å². The van der Waals surface area contributed by atoms with Gasteiger partial charge in [-0.3, -0.25) is 4.79 Å². The first kappa shape index (κ1) is 17.2. The molecule has 0 radical (unpaired) electrons. The van der Waals surface area contributed by atoms with Crippen molar-refractivity contribution in [2.24, 2.45) is 5.10 Å². The predicted octanol–water partition coefficient (Wildman–Crippen LogP) is 2.92. The lowest BCUT2D eigenvalue weighted by atomic mass is 10.2. The molecule has 0 saturated heterocycles. The van der Waals surface area contributed by atoms with Crippen LogP contribution in [0.2, 0.25) is 0 Å². The van der Waals surface area contributed by atoms with Crippen molar-refractivity contribution in [2.75, 3.05) is 13.2 Å². The number of hydrogen-bond acceptors (Lipinski definition) is 4. The number of amides is 1. The van der Waals surface area contributed by atoms with Crippen molar-refractivity contribution in [1.29, 1.82) is 0 Å². The lowest BCUT2D eigenvalue weighted by Crippen LogP contribution is -2.24. The van der Waals surface area contributed by atoms with Crippen molar-refractivity contribution in [2.45, 2.75) is 0 Å². The van der Waals surface area contributed by atoms with Gasteiger partial charge in [-0.25, -0.2) is 9.82 Å². The fourth-order valence-corrected chi connectivity index (χ4v) is 1.75. The molecule has 6 heteroatoms. The summed E-state index contributed by atoms with van der Waals surface area (Å²) >= 11 is 0. The van der Waals surface area contributed by atoms with Gasteiger partial charge in [-0.05, 0) is 36.4 Å². The fraction of sp³-hybridized carbons (Fsp3) is 0.111. The van der Waals surface area contributed by atoms with Gasteiger partial charge in [0, 0.05) is 5.56 Å². The van der Waals surface area contributed by atoms with Gasteiger partial charge in [-0.1, -0.05) is 24.8 Å². The molecule has 0 heterocycles. The van der Waals surface area contributed by atoms with E-state index in [1.54, 1.807) is 12.1 Å². The van der Waals surface area contributed by atoms with Gasteiger partial charge in [0.25, 0.3) is 5.91 Å². The van der Waals surface area contributed by atoms with Crippen LogP contribution >= 0.6 is 0 Å². The van der Waals surface area contributed by atoms with Crippen molar-refractivity contribution in [3.8, 4) is 11.5 Å². The topological polar surface area (TPSA) is 59.9 Å². The van der Waals surface area contributed by atoms with Gasteiger partial charge in [-0.15, -0.1) is 0 Å². The molecule has 0 fully saturated rings. The van der Waals surface area contributed by atoms with Crippen LogP contribution in [-0.2, 0) is 4.79 Å². The second kappa shape index (κ2) is 9.09. The Bertz CT molecular complexity index is 714. The third kappa shape index (κ3) is 5.57. The second-order valence-corrected chi connectivity index (χ2v) is 4.67. The van der Waals surface area contributed by atoms with Gasteiger partial charge in [0.2, 0.25) is 0 Å². The third-order valence-electron chi connectivity index (χ3n) is 2.85. The Morgan fingerprint density at radius 3 is 2.67 bits per heavy atom. The van der Waals surface area contributed by atoms with E-state index in [0.717, 1.165) is 5.56 Å². The number of para-hydroxylation sites is 1. The molecule has 2 rings (SSSR count). The molecule has 0 aliphatic rings. The van der Waals surface area contributed by atoms with E-state index in [-0.39, 0.29) is 12.4 Å². The van der Waals surface area contributed by atoms with Crippen LogP contribution in [-0.4, -0.2) is 25.3 Å². The normalized spacial score (nSPS) is 10.4. The van der Waals surface area contributed by atoms with Crippen LogP contribution in [0.3, 0.4) is 0 Å². The maximum absolute atomic E-state index is 12.8. The van der Waals surface area contributed by atoms with Gasteiger partial charge >= 0.3 is 0 Å². The monoisotopic (exact) mass is 328 g/mol. The SMILES string of the molecule is C=CCOc1ccccc1/C=N/NC(=O)COc1ccc(F)cc1. The molecule has 24 heavy (non-hydrogen) atoms. The summed E-state index contributed by atoms with van der Waals surface area (Å²) in [5.74, 6) is 0.241. The highest BCUT2D eigenvalue weighted by molar-refractivity contribution is 5.85. The van der Waals surface area contributed by atoms with E-state index in [2.05, 4.69) is 17.1 Å². The van der Waals surface area contributed by atoms with Crippen molar-refractivity contribution in [3.63, 3.8) is 0 Å². The van der Waals surface area contributed by atoms with Crippen molar-refractivity contribution < 1.29 is 18.7 Å². The quantitative estimate of drug-likeness (QED) is 0.460. The standard InChI is InChI=1S/C18H17FN2O3/c1-2-11-23-17-6-4-3-5-14(17)12-20-21-18(22)13-24-16-9-7-15(19)8-10-16/h2-10,12H,1,11,13H2,(H,21,22)/b20-12+. The Morgan fingerprint density at radius 1 is 1.17 bits per heavy atom. The highest BCUT2D eigenvalue weighted by Crippen LogP contribution is 2.15. The predicted molar refractivity (Wildman–Crippen MR) is 89.8 cm³/mol. The molecule has 0 aliphatic carbocycles. The number of nitrogens with zero attached hydrogens (tertiary/aromatic N) is 1. The molecule has 1 amide bonds. The molecule has 0 bridgehead atoms. The molecule has 0 aromatic heterocycles. The van der Waals surface area contributed by atoms with Crippen molar-refractivity contribution in [3.05, 3.63) is 72.6 Å². The van der Waals surface area contributed by atoms with E-state index >= 15 is 0 Å². The molecular weight excluding hydrogens is 311 g/mol. The number of benzene rings is 2. The third-order valence-corrected chi connectivity index (χ3v) is 2.85. The van der Waals surface area contributed by atoms with E-state index in [1.807, 2.05) is 18.2 Å². The molecule has 0 saturated carbocycles. The Morgan fingerprint density at radius 2 is 1.92 bits per heavy atom. The number of hydrazone groups is 1. The minimum atomic E-state index is -0.430. The number of nitrogens with one attached hydrogen (secondary N) is 1. The minimum absolute atomic E-state index is 0.225. The largest absolute Gasteiger partial charge is 0.489 e. The summed E-state index contributed by atoms with van der Waals surface area (Å²) in [6.45, 7) is 3.74. The lowest BCUT2D eigenvalue weighted by molar-refractivity contribution is -0.123. The minimum Gasteiger partial charge on any atom is -0.489 e. The van der Waals surface area contributed by atoms with Crippen LogP contribution in [0.5, 0.6) is 11.5 Å². The van der Waals surface area contributed by atoms with Crippen LogP contribution < -0.4 is 14.9 Å². The van der Waals surface area contributed by atoms with Gasteiger partial charge in [-0.2, -0.15) is 5.10 Å². The number of carbonyl (C=O) groups is 1. The molecule has 2 aromatic carbocycles. The second-order valence-electron chi connectivity index (χ2n) is 4.67. The van der Waals surface area contributed by atoms with E-state index < -0.39 is 5.91 Å². The Hall–Kier alpha value is -3.15. The molecule has 0 spiro atoms. The van der Waals surface area contributed by atoms with Crippen molar-refractivity contribution >= 4 is 12.1 Å². The van der Waals surface area contributed by atoms with Crippen LogP contribution in [0.25, 0.3) is 0 Å². The van der Waals surface area contributed by atoms with Crippen LogP contribution in [0.1, 0.15) is 5.56 Å². The highest BCUT2D eigenvalue weighted by atomic mass is 19.1. The average molecular weight is 328 g/mol. The molecule has 1 N–H and O–H groups in total. The van der Waals surface area contributed by atoms with Gasteiger partial charge < -0.3 is 9.47 Å². The molecule has 0 unspecified atom stereocenters. The average Bonchev–Trinajstić information content (AvgIpc) is 2.60.